The summed E-state index contributed by atoms with van der Waals surface area (Å²) in [5, 5.41) is 13.2. The van der Waals surface area contributed by atoms with Crippen molar-refractivity contribution in [3.63, 3.8) is 0 Å². The number of aromatic nitrogens is 1. The summed E-state index contributed by atoms with van der Waals surface area (Å²) < 4.78 is 16.2. The monoisotopic (exact) mass is 473 g/mol. The zero-order chi connectivity index (χ0) is 24.1. The molecule has 1 fully saturated rings. The molecule has 1 aromatic heterocycles. The number of amides is 1. The second kappa shape index (κ2) is 11.2. The van der Waals surface area contributed by atoms with Crippen molar-refractivity contribution < 1.29 is 23.8 Å². The van der Waals surface area contributed by atoms with Gasteiger partial charge in [0, 0.05) is 51.9 Å². The molecule has 34 heavy (non-hydrogen) atoms. The number of aliphatic hydroxyl groups is 1. The molecule has 10 heteroatoms. The van der Waals surface area contributed by atoms with Crippen LogP contribution < -0.4 is 14.8 Å². The average Bonchev–Trinajstić information content (AvgIpc) is 3.48. The Balaban J connectivity index is 1.19. The van der Waals surface area contributed by atoms with Gasteiger partial charge in [-0.2, -0.15) is 0 Å². The van der Waals surface area contributed by atoms with E-state index in [-0.39, 0.29) is 24.5 Å². The summed E-state index contributed by atoms with van der Waals surface area (Å²) >= 11 is 0. The molecule has 186 valence electrons. The molecule has 1 atom stereocenters. The lowest BCUT2D eigenvalue weighted by Gasteiger charge is -2.35. The molecule has 2 aliphatic heterocycles. The molecule has 0 aliphatic carbocycles. The van der Waals surface area contributed by atoms with Crippen molar-refractivity contribution in [2.24, 2.45) is 0 Å². The quantitative estimate of drug-likeness (QED) is 0.526. The number of oxazole rings is 1. The summed E-state index contributed by atoms with van der Waals surface area (Å²) in [6, 6.07) is 6.01. The average molecular weight is 474 g/mol. The highest BCUT2D eigenvalue weighted by Crippen LogP contribution is 2.32. The molecule has 2 aromatic rings. The standard InChI is InChI=1S/C24H35N5O5/c1-17(2)27(3)12-19(30)13-28-6-8-29(9-7-28)14-23-26-20(15-32-23)24(31)25-11-18-4-5-21-22(10-18)34-16-33-21/h4-5,10,15,17,19,30H,6-9,11-14,16H2,1-3H3,(H,25,31)/t19-/m0/s1. The molecule has 3 heterocycles. The SMILES string of the molecule is CC(C)N(C)C[C@H](O)CN1CCN(Cc2nc(C(=O)NCc3ccc4c(c3)OCO4)co2)CC1. The number of aliphatic hydroxyl groups excluding tert-OH is 1. The van der Waals surface area contributed by atoms with Gasteiger partial charge in [-0.15, -0.1) is 0 Å². The van der Waals surface area contributed by atoms with E-state index < -0.39 is 0 Å². The van der Waals surface area contributed by atoms with Gasteiger partial charge in [-0.05, 0) is 38.6 Å². The van der Waals surface area contributed by atoms with Crippen LogP contribution in [0.5, 0.6) is 11.5 Å². The predicted molar refractivity (Wildman–Crippen MR) is 126 cm³/mol. The summed E-state index contributed by atoms with van der Waals surface area (Å²) in [5.74, 6) is 1.65. The topological polar surface area (TPSA) is 104 Å². The molecule has 1 amide bonds. The van der Waals surface area contributed by atoms with Crippen LogP contribution in [0.1, 0.15) is 35.8 Å². The van der Waals surface area contributed by atoms with Gasteiger partial charge in [-0.25, -0.2) is 4.98 Å². The van der Waals surface area contributed by atoms with Crippen LogP contribution in [0.25, 0.3) is 0 Å². The lowest BCUT2D eigenvalue weighted by molar-refractivity contribution is 0.0469. The maximum atomic E-state index is 12.5. The van der Waals surface area contributed by atoms with Crippen LogP contribution in [0.15, 0.2) is 28.9 Å². The van der Waals surface area contributed by atoms with E-state index >= 15 is 0 Å². The summed E-state index contributed by atoms with van der Waals surface area (Å²) in [6.07, 6.45) is 1.05. The lowest BCUT2D eigenvalue weighted by Crippen LogP contribution is -2.49. The fourth-order valence-electron chi connectivity index (χ4n) is 4.03. The Morgan fingerprint density at radius 3 is 2.68 bits per heavy atom. The van der Waals surface area contributed by atoms with Gasteiger partial charge in [-0.3, -0.25) is 14.6 Å². The Hall–Kier alpha value is -2.66. The Kier molecular flexibility index (Phi) is 8.04. The van der Waals surface area contributed by atoms with Gasteiger partial charge in [0.15, 0.2) is 17.2 Å². The first-order valence-corrected chi connectivity index (χ1v) is 11.8. The number of rotatable bonds is 10. The van der Waals surface area contributed by atoms with Crippen LogP contribution >= 0.6 is 0 Å². The van der Waals surface area contributed by atoms with Crippen LogP contribution in [-0.2, 0) is 13.1 Å². The molecule has 2 aliphatic rings. The van der Waals surface area contributed by atoms with Gasteiger partial charge in [0.25, 0.3) is 5.91 Å². The number of benzene rings is 1. The van der Waals surface area contributed by atoms with Crippen molar-refractivity contribution in [3.05, 3.63) is 41.6 Å². The summed E-state index contributed by atoms with van der Waals surface area (Å²) in [5.41, 5.74) is 1.19. The number of ether oxygens (including phenoxy) is 2. The first kappa shape index (κ1) is 24.5. The number of nitrogens with one attached hydrogen (secondary N) is 1. The minimum absolute atomic E-state index is 0.222. The van der Waals surface area contributed by atoms with E-state index in [1.165, 1.54) is 6.26 Å². The van der Waals surface area contributed by atoms with Crippen molar-refractivity contribution in [2.75, 3.05) is 53.1 Å². The fraction of sp³-hybridized carbons (Fsp3) is 0.583. The van der Waals surface area contributed by atoms with Gasteiger partial charge < -0.3 is 29.2 Å². The predicted octanol–water partition coefficient (Wildman–Crippen LogP) is 1.15. The van der Waals surface area contributed by atoms with E-state index in [9.17, 15) is 9.90 Å². The molecule has 0 bridgehead atoms. The first-order valence-electron chi connectivity index (χ1n) is 11.8. The van der Waals surface area contributed by atoms with Gasteiger partial charge in [0.2, 0.25) is 12.7 Å². The van der Waals surface area contributed by atoms with Crippen LogP contribution in [0, 0.1) is 0 Å². The second-order valence-corrected chi connectivity index (χ2v) is 9.26. The number of carbonyl (C=O) groups is 1. The van der Waals surface area contributed by atoms with Crippen molar-refractivity contribution in [2.45, 2.75) is 39.1 Å². The number of hydrogen-bond donors (Lipinski definition) is 2. The van der Waals surface area contributed by atoms with E-state index in [1.54, 1.807) is 0 Å². The van der Waals surface area contributed by atoms with Crippen molar-refractivity contribution in [1.29, 1.82) is 0 Å². The third kappa shape index (κ3) is 6.47. The van der Waals surface area contributed by atoms with E-state index in [0.717, 1.165) is 31.7 Å². The molecule has 1 aromatic carbocycles. The molecule has 1 saturated heterocycles. The third-order valence-corrected chi connectivity index (χ3v) is 6.35. The van der Waals surface area contributed by atoms with Crippen LogP contribution in [0.3, 0.4) is 0 Å². The fourth-order valence-corrected chi connectivity index (χ4v) is 4.03. The van der Waals surface area contributed by atoms with Crippen molar-refractivity contribution in [1.82, 2.24) is 25.0 Å². The molecule has 0 unspecified atom stereocenters. The van der Waals surface area contributed by atoms with E-state index in [1.807, 2.05) is 25.2 Å². The Bertz CT molecular complexity index is 957. The highest BCUT2D eigenvalue weighted by molar-refractivity contribution is 5.91. The number of nitrogens with zero attached hydrogens (tertiary/aromatic N) is 4. The molecule has 0 radical (unpaired) electrons. The van der Waals surface area contributed by atoms with Crippen molar-refractivity contribution >= 4 is 5.91 Å². The molecule has 0 saturated carbocycles. The van der Waals surface area contributed by atoms with Crippen LogP contribution in [-0.4, -0.2) is 96.0 Å². The number of carbonyl (C=O) groups excluding carboxylic acids is 1. The molecule has 0 spiro atoms. The summed E-state index contributed by atoms with van der Waals surface area (Å²) in [7, 11) is 2.04. The van der Waals surface area contributed by atoms with Gasteiger partial charge in [-0.1, -0.05) is 6.07 Å². The highest BCUT2D eigenvalue weighted by atomic mass is 16.7. The Morgan fingerprint density at radius 2 is 1.91 bits per heavy atom. The van der Waals surface area contributed by atoms with E-state index in [4.69, 9.17) is 13.9 Å². The first-order chi connectivity index (χ1) is 16.4. The number of likely N-dealkylation sites (N-methyl/N-ethyl adjacent to an activating group) is 1. The maximum absolute atomic E-state index is 12.5. The smallest absolute Gasteiger partial charge is 0.273 e. The molecule has 2 N–H and O–H groups in total. The van der Waals surface area contributed by atoms with Crippen molar-refractivity contribution in [3.8, 4) is 11.5 Å². The highest BCUT2D eigenvalue weighted by Gasteiger charge is 2.22. The minimum Gasteiger partial charge on any atom is -0.454 e. The third-order valence-electron chi connectivity index (χ3n) is 6.35. The zero-order valence-corrected chi connectivity index (χ0v) is 20.2. The minimum atomic E-state index is -0.357. The molecular formula is C24H35N5O5. The lowest BCUT2D eigenvalue weighted by atomic mass is 10.2. The summed E-state index contributed by atoms with van der Waals surface area (Å²) in [4.78, 5) is 23.6. The van der Waals surface area contributed by atoms with E-state index in [0.29, 0.717) is 49.6 Å². The zero-order valence-electron chi connectivity index (χ0n) is 20.2. The normalized spacial score (nSPS) is 17.5. The van der Waals surface area contributed by atoms with Gasteiger partial charge >= 0.3 is 0 Å². The number of β-amino-alcohol motifs (C(OH)–C–C–N with tert-alkyl or cyclic N) is 1. The molecule has 10 nitrogen and oxygen atoms in total. The summed E-state index contributed by atoms with van der Waals surface area (Å²) in [6.45, 7) is 10.2. The van der Waals surface area contributed by atoms with Crippen LogP contribution in [0.4, 0.5) is 0 Å². The number of hydrogen-bond acceptors (Lipinski definition) is 9. The Labute approximate surface area is 200 Å². The van der Waals surface area contributed by atoms with Crippen LogP contribution in [0.2, 0.25) is 0 Å². The van der Waals surface area contributed by atoms with Gasteiger partial charge in [0.1, 0.15) is 6.26 Å². The van der Waals surface area contributed by atoms with Gasteiger partial charge in [0.05, 0.1) is 12.6 Å². The van der Waals surface area contributed by atoms with E-state index in [2.05, 4.69) is 38.8 Å². The molecular weight excluding hydrogens is 438 g/mol. The maximum Gasteiger partial charge on any atom is 0.273 e. The largest absolute Gasteiger partial charge is 0.454 e. The number of piperazine rings is 1. The number of fused-ring (bicyclic) bond motifs is 1. The Morgan fingerprint density at radius 1 is 1.18 bits per heavy atom. The second-order valence-electron chi connectivity index (χ2n) is 9.26. The molecule has 4 rings (SSSR count).